The second-order valence-electron chi connectivity index (χ2n) is 9.50. The van der Waals surface area contributed by atoms with Gasteiger partial charge in [-0.05, 0) is 78.0 Å². The lowest BCUT2D eigenvalue weighted by molar-refractivity contribution is 0.144. The Morgan fingerprint density at radius 1 is 0.647 bits per heavy atom. The topological polar surface area (TPSA) is 46.5 Å². The van der Waals surface area contributed by atoms with E-state index < -0.39 is 6.16 Å². The van der Waals surface area contributed by atoms with Gasteiger partial charge in [-0.2, -0.15) is 0 Å². The Morgan fingerprint density at radius 3 is 1.85 bits per heavy atom. The largest absolute Gasteiger partial charge is 0.511 e. The van der Waals surface area contributed by atoms with Gasteiger partial charge in [0.25, 0.3) is 0 Å². The number of unbranched alkanes of at least 4 members (excludes halogenated alkanes) is 6. The third-order valence-electron chi connectivity index (χ3n) is 6.73. The van der Waals surface area contributed by atoms with Crippen LogP contribution in [-0.4, -0.2) is 11.3 Å². The van der Waals surface area contributed by atoms with Crippen LogP contribution in [0.1, 0.15) is 114 Å². The quantitative estimate of drug-likeness (QED) is 0.152. The lowest BCUT2D eigenvalue weighted by Gasteiger charge is -2.22. The van der Waals surface area contributed by atoms with Crippen molar-refractivity contribution in [1.82, 2.24) is 0 Å². The molecule has 0 aliphatic carbocycles. The fraction of sp³-hybridized carbons (Fsp3) is 0.581. The van der Waals surface area contributed by atoms with Gasteiger partial charge in [0.1, 0.15) is 5.75 Å². The molecule has 1 N–H and O–H groups in total. The molecule has 0 aromatic heterocycles. The Bertz CT molecular complexity index is 884. The van der Waals surface area contributed by atoms with Crippen molar-refractivity contribution in [1.29, 1.82) is 0 Å². The number of hydrogen-bond donors (Lipinski definition) is 1. The number of rotatable bonds is 16. The summed E-state index contributed by atoms with van der Waals surface area (Å²) < 4.78 is 5.32. The van der Waals surface area contributed by atoms with E-state index in [2.05, 4.69) is 52.0 Å². The average Bonchev–Trinajstić information content (AvgIpc) is 2.82. The van der Waals surface area contributed by atoms with Gasteiger partial charge < -0.3 is 9.84 Å². The first-order chi connectivity index (χ1) is 16.6. The molecule has 0 unspecified atom stereocenters. The zero-order valence-corrected chi connectivity index (χ0v) is 22.0. The molecule has 0 aliphatic heterocycles. The summed E-state index contributed by atoms with van der Waals surface area (Å²) in [5.41, 5.74) is 7.93. The van der Waals surface area contributed by atoms with Crippen LogP contribution in [-0.2, 0) is 25.7 Å². The Kier molecular flexibility index (Phi) is 12.8. The molecule has 0 radical (unpaired) electrons. The van der Waals surface area contributed by atoms with Crippen molar-refractivity contribution in [2.75, 3.05) is 0 Å². The molecule has 3 heteroatoms. The fourth-order valence-electron chi connectivity index (χ4n) is 5.07. The molecule has 0 heterocycles. The Hall–Kier alpha value is -2.29. The minimum absolute atomic E-state index is 0.528. The van der Waals surface area contributed by atoms with Crippen molar-refractivity contribution in [3.63, 3.8) is 0 Å². The maximum Gasteiger partial charge on any atom is 0.511 e. The number of carboxylic acid groups (broad SMARTS) is 1. The Balaban J connectivity index is 2.63. The lowest BCUT2D eigenvalue weighted by Crippen LogP contribution is -2.09. The highest BCUT2D eigenvalue weighted by Crippen LogP contribution is 2.38. The zero-order chi connectivity index (χ0) is 24.8. The molecule has 2 rings (SSSR count). The summed E-state index contributed by atoms with van der Waals surface area (Å²) >= 11 is 0. The summed E-state index contributed by atoms with van der Waals surface area (Å²) in [6.07, 6.45) is 14.4. The third kappa shape index (κ3) is 8.18. The van der Waals surface area contributed by atoms with Gasteiger partial charge in [-0.25, -0.2) is 4.79 Å². The van der Waals surface area contributed by atoms with Crippen LogP contribution in [0.2, 0.25) is 0 Å². The number of benzene rings is 2. The van der Waals surface area contributed by atoms with Crippen LogP contribution in [0.3, 0.4) is 0 Å². The molecule has 2 aromatic carbocycles. The van der Waals surface area contributed by atoms with E-state index in [1.165, 1.54) is 59.9 Å². The highest BCUT2D eigenvalue weighted by molar-refractivity contribution is 5.75. The number of ether oxygens (including phenoxy) is 1. The standard InChI is InChI=1S/C31H46O3/c1-5-9-11-13-19-27-28(26-21-15-18-24(16-7-3)25(26)17-8-4)22-23-30(34-31(32)33)29(27)20-14-12-10-6-2/h15,18,21-23H,5-14,16-17,19-20H2,1-4H3,(H,32,33). The maximum absolute atomic E-state index is 11.5. The Morgan fingerprint density at radius 2 is 1.26 bits per heavy atom. The van der Waals surface area contributed by atoms with E-state index in [4.69, 9.17) is 4.74 Å². The van der Waals surface area contributed by atoms with Gasteiger partial charge in [0, 0.05) is 0 Å². The fourth-order valence-corrected chi connectivity index (χ4v) is 5.07. The molecule has 0 saturated heterocycles. The van der Waals surface area contributed by atoms with Crippen molar-refractivity contribution < 1.29 is 14.6 Å². The van der Waals surface area contributed by atoms with E-state index in [9.17, 15) is 9.90 Å². The first-order valence-corrected chi connectivity index (χ1v) is 13.7. The van der Waals surface area contributed by atoms with E-state index in [0.717, 1.165) is 63.4 Å². The van der Waals surface area contributed by atoms with Gasteiger partial charge in [0.2, 0.25) is 0 Å². The first kappa shape index (κ1) is 28.0. The van der Waals surface area contributed by atoms with Crippen molar-refractivity contribution in [3.8, 4) is 16.9 Å². The van der Waals surface area contributed by atoms with Gasteiger partial charge in [-0.3, -0.25) is 0 Å². The molecule has 34 heavy (non-hydrogen) atoms. The van der Waals surface area contributed by atoms with Crippen LogP contribution in [0, 0.1) is 0 Å². The summed E-state index contributed by atoms with van der Waals surface area (Å²) in [4.78, 5) is 11.5. The van der Waals surface area contributed by atoms with Crippen LogP contribution in [0.25, 0.3) is 11.1 Å². The van der Waals surface area contributed by atoms with E-state index in [0.29, 0.717) is 5.75 Å². The van der Waals surface area contributed by atoms with Crippen LogP contribution < -0.4 is 4.74 Å². The number of aryl methyl sites for hydroxylation is 1. The van der Waals surface area contributed by atoms with E-state index >= 15 is 0 Å². The molecule has 2 aromatic rings. The molecular weight excluding hydrogens is 420 g/mol. The molecule has 0 spiro atoms. The number of carbonyl (C=O) groups is 1. The van der Waals surface area contributed by atoms with E-state index in [-0.39, 0.29) is 0 Å². The van der Waals surface area contributed by atoms with Gasteiger partial charge in [-0.1, -0.05) is 103 Å². The normalized spacial score (nSPS) is 11.1. The van der Waals surface area contributed by atoms with Crippen LogP contribution in [0.5, 0.6) is 5.75 Å². The highest BCUT2D eigenvalue weighted by atomic mass is 16.7. The van der Waals surface area contributed by atoms with E-state index in [1.54, 1.807) is 0 Å². The molecule has 0 atom stereocenters. The average molecular weight is 467 g/mol. The van der Waals surface area contributed by atoms with Crippen LogP contribution in [0.15, 0.2) is 30.3 Å². The van der Waals surface area contributed by atoms with Gasteiger partial charge in [-0.15, -0.1) is 0 Å². The molecule has 0 aliphatic rings. The van der Waals surface area contributed by atoms with Gasteiger partial charge >= 0.3 is 6.16 Å². The maximum atomic E-state index is 11.5. The molecule has 3 nitrogen and oxygen atoms in total. The zero-order valence-electron chi connectivity index (χ0n) is 22.0. The smallest absolute Gasteiger partial charge is 0.449 e. The Labute approximate surface area is 207 Å². The molecule has 0 fully saturated rings. The first-order valence-electron chi connectivity index (χ1n) is 13.7. The van der Waals surface area contributed by atoms with Crippen LogP contribution >= 0.6 is 0 Å². The number of hydrogen-bond acceptors (Lipinski definition) is 2. The molecule has 0 saturated carbocycles. The van der Waals surface area contributed by atoms with Crippen molar-refractivity contribution in [2.24, 2.45) is 0 Å². The lowest BCUT2D eigenvalue weighted by atomic mass is 9.84. The molecule has 188 valence electrons. The second-order valence-corrected chi connectivity index (χ2v) is 9.50. The highest BCUT2D eigenvalue weighted by Gasteiger charge is 2.19. The minimum atomic E-state index is -1.23. The monoisotopic (exact) mass is 466 g/mol. The predicted molar refractivity (Wildman–Crippen MR) is 144 cm³/mol. The molecular formula is C31H46O3. The van der Waals surface area contributed by atoms with Gasteiger partial charge in [0.15, 0.2) is 0 Å². The van der Waals surface area contributed by atoms with Crippen LogP contribution in [0.4, 0.5) is 4.79 Å². The van der Waals surface area contributed by atoms with Crippen molar-refractivity contribution in [2.45, 2.75) is 118 Å². The van der Waals surface area contributed by atoms with Crippen molar-refractivity contribution in [3.05, 3.63) is 52.6 Å². The SMILES string of the molecule is CCCCCCc1c(OC(=O)O)ccc(-c2cccc(CCC)c2CCC)c1CCCCCC. The second kappa shape index (κ2) is 15.6. The summed E-state index contributed by atoms with van der Waals surface area (Å²) in [5.74, 6) is 0.528. The minimum Gasteiger partial charge on any atom is -0.449 e. The van der Waals surface area contributed by atoms with Gasteiger partial charge in [0.05, 0.1) is 0 Å². The van der Waals surface area contributed by atoms with E-state index in [1.807, 2.05) is 6.07 Å². The summed E-state index contributed by atoms with van der Waals surface area (Å²) in [7, 11) is 0. The molecule has 0 bridgehead atoms. The summed E-state index contributed by atoms with van der Waals surface area (Å²) in [5, 5.41) is 9.41. The predicted octanol–water partition coefficient (Wildman–Crippen LogP) is 9.56. The molecule has 0 amide bonds. The summed E-state index contributed by atoms with van der Waals surface area (Å²) in [6, 6.07) is 10.8. The van der Waals surface area contributed by atoms with Crippen molar-refractivity contribution >= 4 is 6.16 Å². The third-order valence-corrected chi connectivity index (χ3v) is 6.73. The summed E-state index contributed by atoms with van der Waals surface area (Å²) in [6.45, 7) is 8.95.